The first-order valence-electron chi connectivity index (χ1n) is 12.0. The van der Waals surface area contributed by atoms with E-state index >= 15 is 0 Å². The summed E-state index contributed by atoms with van der Waals surface area (Å²) in [7, 11) is -2.76. The summed E-state index contributed by atoms with van der Waals surface area (Å²) in [6.45, 7) is 7.48. The zero-order chi connectivity index (χ0) is 25.6. The third-order valence-electron chi connectivity index (χ3n) is 6.08. The number of carbonyl (C=O) groups is 1. The summed E-state index contributed by atoms with van der Waals surface area (Å²) >= 11 is -1.47. The minimum absolute atomic E-state index is 0.0183. The molecular formula is C26H35NO6S2. The predicted octanol–water partition coefficient (Wildman–Crippen LogP) is 4.42. The Balaban J connectivity index is 1.99. The Morgan fingerprint density at radius 1 is 1.17 bits per heavy atom. The second-order valence-corrected chi connectivity index (χ2v) is 12.5. The fraction of sp³-hybridized carbons (Fsp3) is 0.500. The molecule has 0 aliphatic carbocycles. The highest BCUT2D eigenvalue weighted by molar-refractivity contribution is 7.93. The number of nitrogens with zero attached hydrogens (tertiary/aromatic N) is 1. The van der Waals surface area contributed by atoms with E-state index < -0.39 is 27.2 Å². The van der Waals surface area contributed by atoms with Crippen LogP contribution in [-0.4, -0.2) is 51.6 Å². The molecule has 9 heteroatoms. The molecule has 1 fully saturated rings. The molecule has 35 heavy (non-hydrogen) atoms. The van der Waals surface area contributed by atoms with Crippen LogP contribution in [0.25, 0.3) is 0 Å². The Kier molecular flexibility index (Phi) is 9.63. The maximum absolute atomic E-state index is 13.8. The molecule has 1 heterocycles. The zero-order valence-corrected chi connectivity index (χ0v) is 22.5. The first kappa shape index (κ1) is 27.5. The standard InChI is InChI=1S/C26H35NO6S2/c1-5-20-6-8-22(9-7-20)27(17-19(2)3)35(30,31)23-10-11-25(24(16-23)26(28)32-4)34(29)18-21-12-14-33-15-13-21/h6-11,16,19,21H,5,12-15,17-18H2,1-4H3. The molecule has 0 radical (unpaired) electrons. The second-order valence-electron chi connectivity index (χ2n) is 9.17. The highest BCUT2D eigenvalue weighted by Crippen LogP contribution is 2.30. The molecule has 7 nitrogen and oxygen atoms in total. The van der Waals surface area contributed by atoms with Crippen LogP contribution >= 0.6 is 0 Å². The van der Waals surface area contributed by atoms with E-state index in [0.717, 1.165) is 24.8 Å². The van der Waals surface area contributed by atoms with Gasteiger partial charge in [0, 0.05) is 25.7 Å². The molecule has 0 bridgehead atoms. The van der Waals surface area contributed by atoms with E-state index in [4.69, 9.17) is 9.47 Å². The van der Waals surface area contributed by atoms with Crippen molar-refractivity contribution in [2.45, 2.75) is 49.8 Å². The molecule has 1 saturated heterocycles. The zero-order valence-electron chi connectivity index (χ0n) is 20.9. The van der Waals surface area contributed by atoms with Crippen molar-refractivity contribution in [3.63, 3.8) is 0 Å². The highest BCUT2D eigenvalue weighted by atomic mass is 32.2. The van der Waals surface area contributed by atoms with E-state index in [1.807, 2.05) is 32.9 Å². The number of ether oxygens (including phenoxy) is 2. The van der Waals surface area contributed by atoms with Gasteiger partial charge in [-0.3, -0.25) is 4.31 Å². The molecule has 2 aromatic rings. The molecule has 0 N–H and O–H groups in total. The van der Waals surface area contributed by atoms with Crippen LogP contribution in [0.4, 0.5) is 5.69 Å². The summed E-state index contributed by atoms with van der Waals surface area (Å²) < 4.78 is 52.4. The van der Waals surface area contributed by atoms with Gasteiger partial charge in [-0.05, 0) is 72.3 Å². The van der Waals surface area contributed by atoms with Gasteiger partial charge in [0.05, 0.1) is 17.7 Å². The highest BCUT2D eigenvalue weighted by Gasteiger charge is 2.31. The lowest BCUT2D eigenvalue weighted by Crippen LogP contribution is -2.34. The quantitative estimate of drug-likeness (QED) is 0.339. The van der Waals surface area contributed by atoms with Crippen molar-refractivity contribution >= 4 is 32.9 Å². The summed E-state index contributed by atoms with van der Waals surface area (Å²) in [6.07, 6.45) is 2.48. The van der Waals surface area contributed by atoms with E-state index in [2.05, 4.69) is 0 Å². The summed E-state index contributed by atoms with van der Waals surface area (Å²) in [5.41, 5.74) is 1.69. The summed E-state index contributed by atoms with van der Waals surface area (Å²) in [5, 5.41) is 0. The Bertz CT molecular complexity index is 1100. The Labute approximate surface area is 212 Å². The Morgan fingerprint density at radius 3 is 2.40 bits per heavy atom. The van der Waals surface area contributed by atoms with Gasteiger partial charge in [-0.2, -0.15) is 0 Å². The van der Waals surface area contributed by atoms with Crippen LogP contribution in [0.2, 0.25) is 0 Å². The normalized spacial score (nSPS) is 15.7. The summed E-state index contributed by atoms with van der Waals surface area (Å²) in [5.74, 6) is -0.0175. The van der Waals surface area contributed by atoms with Gasteiger partial charge in [-0.15, -0.1) is 0 Å². The first-order chi connectivity index (χ1) is 16.7. The fourth-order valence-corrected chi connectivity index (χ4v) is 7.26. The number of carbonyl (C=O) groups excluding carboxylic acids is 1. The SMILES string of the molecule is CCc1ccc(N(CC(C)C)S(=O)(=O)c2ccc([S+]([O-])CC3CCOCC3)c(C(=O)OC)c2)cc1. The number of hydrogen-bond donors (Lipinski definition) is 0. The van der Waals surface area contributed by atoms with Gasteiger partial charge in [0.15, 0.2) is 4.90 Å². The number of rotatable bonds is 10. The van der Waals surface area contributed by atoms with Crippen molar-refractivity contribution in [3.8, 4) is 0 Å². The van der Waals surface area contributed by atoms with Crippen LogP contribution < -0.4 is 4.31 Å². The van der Waals surface area contributed by atoms with Crippen molar-refractivity contribution in [1.29, 1.82) is 0 Å². The number of aryl methyl sites for hydroxylation is 1. The molecule has 3 rings (SSSR count). The molecule has 1 aliphatic heterocycles. The molecule has 1 unspecified atom stereocenters. The molecular weight excluding hydrogens is 486 g/mol. The van der Waals surface area contributed by atoms with Crippen LogP contribution in [0.15, 0.2) is 52.3 Å². The van der Waals surface area contributed by atoms with Crippen LogP contribution in [0.5, 0.6) is 0 Å². The monoisotopic (exact) mass is 521 g/mol. The van der Waals surface area contributed by atoms with Crippen molar-refractivity contribution in [3.05, 3.63) is 53.6 Å². The molecule has 0 saturated carbocycles. The van der Waals surface area contributed by atoms with Gasteiger partial charge >= 0.3 is 5.97 Å². The van der Waals surface area contributed by atoms with Crippen molar-refractivity contribution < 1.29 is 27.2 Å². The van der Waals surface area contributed by atoms with Crippen LogP contribution in [0.3, 0.4) is 0 Å². The van der Waals surface area contributed by atoms with E-state index in [9.17, 15) is 17.8 Å². The van der Waals surface area contributed by atoms with E-state index in [1.54, 1.807) is 12.1 Å². The maximum Gasteiger partial charge on any atom is 0.343 e. The van der Waals surface area contributed by atoms with Gasteiger partial charge < -0.3 is 14.0 Å². The van der Waals surface area contributed by atoms with Crippen molar-refractivity contribution in [2.75, 3.05) is 36.9 Å². The van der Waals surface area contributed by atoms with Gasteiger partial charge in [0.25, 0.3) is 10.0 Å². The third-order valence-corrected chi connectivity index (χ3v) is 9.49. The topological polar surface area (TPSA) is 96.0 Å². The largest absolute Gasteiger partial charge is 0.611 e. The van der Waals surface area contributed by atoms with E-state index in [1.165, 1.54) is 29.6 Å². The Hall–Kier alpha value is -2.07. The van der Waals surface area contributed by atoms with Crippen LogP contribution in [0, 0.1) is 11.8 Å². The average Bonchev–Trinajstić information content (AvgIpc) is 2.87. The number of anilines is 1. The molecule has 1 atom stereocenters. The van der Waals surface area contributed by atoms with E-state index in [0.29, 0.717) is 29.5 Å². The van der Waals surface area contributed by atoms with E-state index in [-0.39, 0.29) is 28.8 Å². The molecule has 1 aliphatic rings. The number of benzene rings is 2. The van der Waals surface area contributed by atoms with Crippen LogP contribution in [0.1, 0.15) is 49.5 Å². The lowest BCUT2D eigenvalue weighted by Gasteiger charge is -2.27. The lowest BCUT2D eigenvalue weighted by molar-refractivity contribution is 0.0595. The lowest BCUT2D eigenvalue weighted by atomic mass is 10.0. The van der Waals surface area contributed by atoms with Crippen molar-refractivity contribution in [2.24, 2.45) is 11.8 Å². The maximum atomic E-state index is 13.8. The van der Waals surface area contributed by atoms with Crippen molar-refractivity contribution in [1.82, 2.24) is 0 Å². The minimum Gasteiger partial charge on any atom is -0.611 e. The van der Waals surface area contributed by atoms with Gasteiger partial charge in [0.2, 0.25) is 0 Å². The molecule has 0 aromatic heterocycles. The summed E-state index contributed by atoms with van der Waals surface area (Å²) in [6, 6.07) is 11.7. The van der Waals surface area contributed by atoms with Gasteiger partial charge in [-0.25, -0.2) is 13.2 Å². The molecule has 2 aromatic carbocycles. The van der Waals surface area contributed by atoms with Gasteiger partial charge in [-0.1, -0.05) is 32.9 Å². The van der Waals surface area contributed by atoms with Crippen LogP contribution in [-0.2, 0) is 37.1 Å². The third kappa shape index (κ3) is 6.78. The molecule has 0 spiro atoms. The smallest absolute Gasteiger partial charge is 0.343 e. The number of esters is 1. The molecule has 192 valence electrons. The minimum atomic E-state index is -3.99. The number of hydrogen-bond acceptors (Lipinski definition) is 6. The average molecular weight is 522 g/mol. The fourth-order valence-electron chi connectivity index (χ4n) is 4.05. The predicted molar refractivity (Wildman–Crippen MR) is 138 cm³/mol. The van der Waals surface area contributed by atoms with Gasteiger partial charge in [0.1, 0.15) is 11.3 Å². The second kappa shape index (κ2) is 12.3. The number of methoxy groups -OCH3 is 1. The summed E-state index contributed by atoms with van der Waals surface area (Å²) in [4.78, 5) is 12.9. The first-order valence-corrected chi connectivity index (χ1v) is 14.7. The Morgan fingerprint density at radius 2 is 1.83 bits per heavy atom. The number of sulfonamides is 1. The molecule has 0 amide bonds.